The van der Waals surface area contributed by atoms with Crippen LogP contribution in [0.3, 0.4) is 0 Å². The topological polar surface area (TPSA) is 35.5 Å². The van der Waals surface area contributed by atoms with Gasteiger partial charge in [0.2, 0.25) is 0 Å². The highest BCUT2D eigenvalue weighted by atomic mass is 32.2. The van der Waals surface area contributed by atoms with Crippen molar-refractivity contribution in [2.24, 2.45) is 0 Å². The summed E-state index contributed by atoms with van der Waals surface area (Å²) >= 11 is 0. The second-order valence-electron chi connectivity index (χ2n) is 7.19. The maximum atomic E-state index is 12.6. The molecule has 4 aromatic carbocycles. The molecule has 7 heteroatoms. The Morgan fingerprint density at radius 3 is 1.62 bits per heavy atom. The summed E-state index contributed by atoms with van der Waals surface area (Å²) in [7, 11) is -0.298. The van der Waals surface area contributed by atoms with Gasteiger partial charge in [-0.1, -0.05) is 36.4 Å². The largest absolute Gasteiger partial charge is 0.482 e. The molecule has 0 aliphatic rings. The number of alkyl halides is 3. The van der Waals surface area contributed by atoms with Crippen LogP contribution >= 0.6 is 0 Å². The summed E-state index contributed by atoms with van der Waals surface area (Å²) in [5, 5.41) is 0. The van der Waals surface area contributed by atoms with E-state index in [1.165, 1.54) is 9.79 Å². The molecule has 0 spiro atoms. The molecule has 0 amide bonds. The van der Waals surface area contributed by atoms with Crippen molar-refractivity contribution >= 4 is 16.9 Å². The summed E-state index contributed by atoms with van der Waals surface area (Å²) < 4.78 is 48.5. The molecule has 0 unspecified atom stereocenters. The third-order valence-electron chi connectivity index (χ3n) is 4.79. The maximum Gasteiger partial charge on any atom is 0.416 e. The minimum atomic E-state index is -4.45. The van der Waals surface area contributed by atoms with Crippen LogP contribution in [0.15, 0.2) is 124 Å². The van der Waals surface area contributed by atoms with Crippen molar-refractivity contribution in [3.8, 4) is 11.5 Å². The van der Waals surface area contributed by atoms with Crippen LogP contribution in [0, 0.1) is 0 Å². The van der Waals surface area contributed by atoms with E-state index >= 15 is 0 Å². The van der Waals surface area contributed by atoms with Crippen LogP contribution in [0.1, 0.15) is 5.56 Å². The first-order chi connectivity index (χ1) is 16.4. The zero-order chi connectivity index (χ0) is 24.0. The van der Waals surface area contributed by atoms with Gasteiger partial charge in [0.25, 0.3) is 0 Å². The molecular formula is C27H20F3O3S+. The molecule has 0 aliphatic carbocycles. The van der Waals surface area contributed by atoms with E-state index in [-0.39, 0.29) is 23.3 Å². The molecular weight excluding hydrogens is 461 g/mol. The molecule has 34 heavy (non-hydrogen) atoms. The molecule has 0 saturated heterocycles. The molecule has 0 atom stereocenters. The van der Waals surface area contributed by atoms with Gasteiger partial charge in [-0.15, -0.1) is 0 Å². The number of rotatable bonds is 7. The summed E-state index contributed by atoms with van der Waals surface area (Å²) in [6.07, 6.45) is -4.45. The van der Waals surface area contributed by atoms with E-state index in [0.29, 0.717) is 5.75 Å². The summed E-state index contributed by atoms with van der Waals surface area (Å²) in [5.74, 6) is -0.207. The van der Waals surface area contributed by atoms with Gasteiger partial charge in [-0.05, 0) is 72.8 Å². The molecule has 0 aromatic heterocycles. The van der Waals surface area contributed by atoms with Crippen molar-refractivity contribution in [1.29, 1.82) is 0 Å². The lowest BCUT2D eigenvalue weighted by atomic mass is 10.2. The van der Waals surface area contributed by atoms with Crippen LogP contribution in [-0.4, -0.2) is 12.6 Å². The molecule has 172 valence electrons. The van der Waals surface area contributed by atoms with Crippen molar-refractivity contribution in [2.75, 3.05) is 6.61 Å². The smallest absolute Gasteiger partial charge is 0.416 e. The average Bonchev–Trinajstić information content (AvgIpc) is 2.85. The quantitative estimate of drug-likeness (QED) is 0.166. The summed E-state index contributed by atoms with van der Waals surface area (Å²) in [4.78, 5) is 15.5. The van der Waals surface area contributed by atoms with Gasteiger partial charge in [-0.25, -0.2) is 4.79 Å². The average molecular weight is 482 g/mol. The van der Waals surface area contributed by atoms with Crippen molar-refractivity contribution < 1.29 is 27.4 Å². The summed E-state index contributed by atoms with van der Waals surface area (Å²) in [6, 6.07) is 31.8. The molecule has 0 heterocycles. The van der Waals surface area contributed by atoms with E-state index < -0.39 is 17.7 Å². The van der Waals surface area contributed by atoms with Gasteiger partial charge in [0.1, 0.15) is 11.5 Å². The number of ether oxygens (including phenoxy) is 2. The van der Waals surface area contributed by atoms with Gasteiger partial charge in [0.15, 0.2) is 21.3 Å². The lowest BCUT2D eigenvalue weighted by molar-refractivity contribution is -0.137. The highest BCUT2D eigenvalue weighted by molar-refractivity contribution is 7.97. The Morgan fingerprint density at radius 2 is 1.12 bits per heavy atom. The zero-order valence-corrected chi connectivity index (χ0v) is 18.7. The van der Waals surface area contributed by atoms with E-state index in [2.05, 4.69) is 24.3 Å². The Morgan fingerprint density at radius 1 is 0.647 bits per heavy atom. The fourth-order valence-electron chi connectivity index (χ4n) is 3.21. The van der Waals surface area contributed by atoms with E-state index in [1.807, 2.05) is 48.5 Å². The predicted molar refractivity (Wildman–Crippen MR) is 124 cm³/mol. The number of carbonyl (C=O) groups is 1. The highest BCUT2D eigenvalue weighted by Gasteiger charge is 2.30. The normalized spacial score (nSPS) is 11.3. The molecule has 3 nitrogen and oxygen atoms in total. The number of hydrogen-bond donors (Lipinski definition) is 0. The van der Waals surface area contributed by atoms with Gasteiger partial charge in [-0.3, -0.25) is 0 Å². The highest BCUT2D eigenvalue weighted by Crippen LogP contribution is 2.32. The second-order valence-corrected chi connectivity index (χ2v) is 9.22. The number of hydrogen-bond acceptors (Lipinski definition) is 3. The summed E-state index contributed by atoms with van der Waals surface area (Å²) in [5.41, 5.74) is -0.811. The first kappa shape index (κ1) is 23.4. The van der Waals surface area contributed by atoms with Crippen molar-refractivity contribution in [1.82, 2.24) is 0 Å². The SMILES string of the molecule is O=C(COc1ccc([S+](c2ccccc2)c2ccccc2)cc1)Oc1ccc(C(F)(F)F)cc1. The number of esters is 1. The van der Waals surface area contributed by atoms with Crippen LogP contribution in [0.5, 0.6) is 11.5 Å². The third kappa shape index (κ3) is 5.99. The minimum absolute atomic E-state index is 0.0201. The van der Waals surface area contributed by atoms with Crippen molar-refractivity contribution in [3.05, 3.63) is 115 Å². The number of benzene rings is 4. The third-order valence-corrected chi connectivity index (χ3v) is 7.02. The fraction of sp³-hybridized carbons (Fsp3) is 0.0741. The summed E-state index contributed by atoms with van der Waals surface area (Å²) in [6.45, 7) is -0.372. The molecule has 0 bridgehead atoms. The second kappa shape index (κ2) is 10.5. The molecule has 0 N–H and O–H groups in total. The fourth-order valence-corrected chi connectivity index (χ4v) is 5.29. The van der Waals surface area contributed by atoms with E-state index in [4.69, 9.17) is 9.47 Å². The van der Waals surface area contributed by atoms with Crippen LogP contribution in [-0.2, 0) is 21.9 Å². The molecule has 4 aromatic rings. The van der Waals surface area contributed by atoms with Crippen LogP contribution in [0.25, 0.3) is 0 Å². The van der Waals surface area contributed by atoms with Gasteiger partial charge in [-0.2, -0.15) is 13.2 Å². The zero-order valence-electron chi connectivity index (χ0n) is 17.9. The number of halogens is 3. The first-order valence-corrected chi connectivity index (χ1v) is 11.6. The van der Waals surface area contributed by atoms with Gasteiger partial charge < -0.3 is 9.47 Å². The monoisotopic (exact) mass is 481 g/mol. The lowest BCUT2D eigenvalue weighted by Gasteiger charge is -2.10. The van der Waals surface area contributed by atoms with Gasteiger partial charge in [0, 0.05) is 0 Å². The van der Waals surface area contributed by atoms with Crippen molar-refractivity contribution in [3.63, 3.8) is 0 Å². The number of carbonyl (C=O) groups excluding carboxylic acids is 1. The van der Waals surface area contributed by atoms with E-state index in [9.17, 15) is 18.0 Å². The Balaban J connectivity index is 1.40. The van der Waals surface area contributed by atoms with E-state index in [1.54, 1.807) is 12.1 Å². The Bertz CT molecular complexity index is 1170. The standard InChI is InChI=1S/C27H20F3O3S/c28-27(29,30)20-11-13-22(14-12-20)33-26(31)19-32-21-15-17-25(18-16-21)34(23-7-3-1-4-8-23)24-9-5-2-6-10-24/h1-18H,19H2/q+1. The molecule has 0 radical (unpaired) electrons. The predicted octanol–water partition coefficient (Wildman–Crippen LogP) is 6.79. The molecule has 4 rings (SSSR count). The van der Waals surface area contributed by atoms with Crippen LogP contribution < -0.4 is 9.47 Å². The molecule has 0 saturated carbocycles. The molecule has 0 fully saturated rings. The first-order valence-electron chi connectivity index (χ1n) is 10.4. The Labute approximate surface area is 198 Å². The van der Waals surface area contributed by atoms with Gasteiger partial charge >= 0.3 is 12.1 Å². The molecule has 0 aliphatic heterocycles. The van der Waals surface area contributed by atoms with Crippen LogP contribution in [0.2, 0.25) is 0 Å². The lowest BCUT2D eigenvalue weighted by Crippen LogP contribution is -2.17. The Hall–Kier alpha value is -3.71. The maximum absolute atomic E-state index is 12.6. The van der Waals surface area contributed by atoms with E-state index in [0.717, 1.165) is 29.2 Å². The van der Waals surface area contributed by atoms with Crippen molar-refractivity contribution in [2.45, 2.75) is 20.9 Å². The minimum Gasteiger partial charge on any atom is -0.482 e. The van der Waals surface area contributed by atoms with Gasteiger partial charge in [0.05, 0.1) is 16.5 Å². The Kier molecular flexibility index (Phi) is 7.23. The van der Waals surface area contributed by atoms with Crippen LogP contribution in [0.4, 0.5) is 13.2 Å².